The lowest BCUT2D eigenvalue weighted by Crippen LogP contribution is -2.44. The quantitative estimate of drug-likeness (QED) is 0.800. The second-order valence-electron chi connectivity index (χ2n) is 5.12. The molecule has 1 heterocycles. The third-order valence-electron chi connectivity index (χ3n) is 3.80. The average molecular weight is 263 g/mol. The summed E-state index contributed by atoms with van der Waals surface area (Å²) < 4.78 is 0. The molecule has 0 amide bonds. The first kappa shape index (κ1) is 13.2. The number of piperidine rings is 1. The summed E-state index contributed by atoms with van der Waals surface area (Å²) in [5.74, 6) is 0. The zero-order valence-electron chi connectivity index (χ0n) is 11.0. The van der Waals surface area contributed by atoms with Crippen molar-refractivity contribution in [2.75, 3.05) is 4.90 Å². The molecule has 96 valence electrons. The third-order valence-corrected chi connectivity index (χ3v) is 4.24. The number of nitriles is 1. The molecule has 0 radical (unpaired) electrons. The van der Waals surface area contributed by atoms with E-state index in [4.69, 9.17) is 16.9 Å². The summed E-state index contributed by atoms with van der Waals surface area (Å²) >= 11 is 6.46. The molecule has 1 aromatic carbocycles. The van der Waals surface area contributed by atoms with Crippen molar-refractivity contribution in [2.24, 2.45) is 0 Å². The summed E-state index contributed by atoms with van der Waals surface area (Å²) in [5, 5.41) is 9.58. The van der Waals surface area contributed by atoms with Gasteiger partial charge in [-0.25, -0.2) is 0 Å². The molecule has 1 fully saturated rings. The van der Waals surface area contributed by atoms with Crippen molar-refractivity contribution in [3.8, 4) is 6.07 Å². The van der Waals surface area contributed by atoms with E-state index in [0.29, 0.717) is 18.5 Å². The normalized spacial score (nSPS) is 23.8. The summed E-state index contributed by atoms with van der Waals surface area (Å²) in [4.78, 5) is 2.41. The predicted molar refractivity (Wildman–Crippen MR) is 76.0 cm³/mol. The highest BCUT2D eigenvalue weighted by Crippen LogP contribution is 2.36. The predicted octanol–water partition coefficient (Wildman–Crippen LogP) is 4.17. The van der Waals surface area contributed by atoms with E-state index in [1.165, 1.54) is 19.3 Å². The van der Waals surface area contributed by atoms with E-state index in [-0.39, 0.29) is 0 Å². The van der Waals surface area contributed by atoms with Crippen LogP contribution in [0.25, 0.3) is 0 Å². The lowest BCUT2D eigenvalue weighted by Gasteiger charge is -2.41. The van der Waals surface area contributed by atoms with Crippen molar-refractivity contribution in [3.05, 3.63) is 28.8 Å². The average Bonchev–Trinajstić information content (AvgIpc) is 2.33. The van der Waals surface area contributed by atoms with Gasteiger partial charge < -0.3 is 4.90 Å². The minimum atomic E-state index is 0.378. The Bertz CT molecular complexity index is 454. The van der Waals surface area contributed by atoms with Crippen LogP contribution < -0.4 is 4.90 Å². The van der Waals surface area contributed by atoms with Gasteiger partial charge in [-0.15, -0.1) is 0 Å². The molecule has 2 unspecified atom stereocenters. The molecule has 0 aliphatic carbocycles. The van der Waals surface area contributed by atoms with Crippen LogP contribution >= 0.6 is 11.6 Å². The molecular formula is C15H19ClN2. The Labute approximate surface area is 114 Å². The van der Waals surface area contributed by atoms with E-state index < -0.39 is 0 Å². The molecular weight excluding hydrogens is 244 g/mol. The standard InChI is InChI=1S/C15H19ClN2/c1-11-5-3-6-12(2)18(11)14-8-4-7-13(9-10-17)15(14)16/h4,7-8,11-12H,3,5-6,9H2,1-2H3. The second-order valence-corrected chi connectivity index (χ2v) is 5.50. The first-order chi connectivity index (χ1) is 8.65. The zero-order chi connectivity index (χ0) is 13.1. The van der Waals surface area contributed by atoms with Crippen molar-refractivity contribution < 1.29 is 0 Å². The summed E-state index contributed by atoms with van der Waals surface area (Å²) in [7, 11) is 0. The first-order valence-corrected chi connectivity index (χ1v) is 6.95. The molecule has 1 saturated heterocycles. The van der Waals surface area contributed by atoms with Crippen LogP contribution in [0, 0.1) is 11.3 Å². The molecule has 2 atom stereocenters. The highest BCUT2D eigenvalue weighted by atomic mass is 35.5. The third kappa shape index (κ3) is 2.47. The van der Waals surface area contributed by atoms with E-state index in [0.717, 1.165) is 16.3 Å². The molecule has 2 nitrogen and oxygen atoms in total. The van der Waals surface area contributed by atoms with Crippen LogP contribution in [0.3, 0.4) is 0 Å². The number of nitrogens with zero attached hydrogens (tertiary/aromatic N) is 2. The molecule has 0 aromatic heterocycles. The number of benzene rings is 1. The fourth-order valence-corrected chi connectivity index (χ4v) is 3.17. The van der Waals surface area contributed by atoms with E-state index in [1.807, 2.05) is 12.1 Å². The number of hydrogen-bond acceptors (Lipinski definition) is 2. The molecule has 18 heavy (non-hydrogen) atoms. The Morgan fingerprint density at radius 1 is 1.33 bits per heavy atom. The van der Waals surface area contributed by atoms with Crippen LogP contribution in [0.1, 0.15) is 38.7 Å². The van der Waals surface area contributed by atoms with Crippen LogP contribution in [-0.4, -0.2) is 12.1 Å². The van der Waals surface area contributed by atoms with Crippen molar-refractivity contribution in [3.63, 3.8) is 0 Å². The van der Waals surface area contributed by atoms with Gasteiger partial charge in [0.2, 0.25) is 0 Å². The van der Waals surface area contributed by atoms with Gasteiger partial charge in [0.1, 0.15) is 0 Å². The van der Waals surface area contributed by atoms with Gasteiger partial charge in [0.05, 0.1) is 23.2 Å². The Morgan fingerprint density at radius 2 is 2.00 bits per heavy atom. The van der Waals surface area contributed by atoms with Crippen LogP contribution in [0.5, 0.6) is 0 Å². The Balaban J connectivity index is 2.37. The molecule has 0 N–H and O–H groups in total. The van der Waals surface area contributed by atoms with Gasteiger partial charge in [0.25, 0.3) is 0 Å². The first-order valence-electron chi connectivity index (χ1n) is 6.57. The molecule has 1 aliphatic rings. The number of anilines is 1. The fourth-order valence-electron chi connectivity index (χ4n) is 2.88. The number of rotatable bonds is 2. The van der Waals surface area contributed by atoms with E-state index in [2.05, 4.69) is 30.9 Å². The fraction of sp³-hybridized carbons (Fsp3) is 0.533. The van der Waals surface area contributed by atoms with Crippen LogP contribution in [0.4, 0.5) is 5.69 Å². The molecule has 2 rings (SSSR count). The lowest BCUT2D eigenvalue weighted by molar-refractivity contribution is 0.414. The van der Waals surface area contributed by atoms with Gasteiger partial charge in [-0.3, -0.25) is 0 Å². The maximum absolute atomic E-state index is 8.83. The molecule has 0 spiro atoms. The molecule has 1 aromatic rings. The van der Waals surface area contributed by atoms with Gasteiger partial charge in [0.15, 0.2) is 0 Å². The van der Waals surface area contributed by atoms with Gasteiger partial charge in [0, 0.05) is 12.1 Å². The Hall–Kier alpha value is -1.20. The maximum atomic E-state index is 8.83. The molecule has 0 saturated carbocycles. The monoisotopic (exact) mass is 262 g/mol. The second kappa shape index (κ2) is 5.63. The van der Waals surface area contributed by atoms with Gasteiger partial charge in [-0.1, -0.05) is 23.7 Å². The minimum Gasteiger partial charge on any atom is -0.365 e. The topological polar surface area (TPSA) is 27.0 Å². The molecule has 1 aliphatic heterocycles. The summed E-state index contributed by atoms with van der Waals surface area (Å²) in [6.07, 6.45) is 4.09. The van der Waals surface area contributed by atoms with E-state index in [9.17, 15) is 0 Å². The van der Waals surface area contributed by atoms with Crippen molar-refractivity contribution in [1.82, 2.24) is 0 Å². The lowest BCUT2D eigenvalue weighted by atomic mass is 9.96. The summed E-state index contributed by atoms with van der Waals surface area (Å²) in [5.41, 5.74) is 2.02. The molecule has 0 bridgehead atoms. The van der Waals surface area contributed by atoms with Gasteiger partial charge in [-0.05, 0) is 44.7 Å². The Kier molecular flexibility index (Phi) is 4.14. The summed E-state index contributed by atoms with van der Waals surface area (Å²) in [6.45, 7) is 4.51. The van der Waals surface area contributed by atoms with Crippen molar-refractivity contribution in [2.45, 2.75) is 51.6 Å². The van der Waals surface area contributed by atoms with Gasteiger partial charge >= 0.3 is 0 Å². The van der Waals surface area contributed by atoms with E-state index in [1.54, 1.807) is 0 Å². The largest absolute Gasteiger partial charge is 0.365 e. The van der Waals surface area contributed by atoms with Crippen LogP contribution in [0.15, 0.2) is 18.2 Å². The number of halogens is 1. The minimum absolute atomic E-state index is 0.378. The van der Waals surface area contributed by atoms with Crippen LogP contribution in [0.2, 0.25) is 5.02 Å². The van der Waals surface area contributed by atoms with E-state index >= 15 is 0 Å². The van der Waals surface area contributed by atoms with Gasteiger partial charge in [-0.2, -0.15) is 5.26 Å². The van der Waals surface area contributed by atoms with Crippen LogP contribution in [-0.2, 0) is 6.42 Å². The number of hydrogen-bond donors (Lipinski definition) is 0. The van der Waals surface area contributed by atoms with Crippen molar-refractivity contribution >= 4 is 17.3 Å². The maximum Gasteiger partial charge on any atom is 0.0682 e. The smallest absolute Gasteiger partial charge is 0.0682 e. The molecule has 3 heteroatoms. The Morgan fingerprint density at radius 3 is 2.61 bits per heavy atom. The SMILES string of the molecule is CC1CCCC(C)N1c1cccc(CC#N)c1Cl. The highest BCUT2D eigenvalue weighted by Gasteiger charge is 2.26. The highest BCUT2D eigenvalue weighted by molar-refractivity contribution is 6.34. The summed E-state index contributed by atoms with van der Waals surface area (Å²) in [6, 6.07) is 9.22. The van der Waals surface area contributed by atoms with Crippen molar-refractivity contribution in [1.29, 1.82) is 5.26 Å². The zero-order valence-corrected chi connectivity index (χ0v) is 11.7.